The van der Waals surface area contributed by atoms with Gasteiger partial charge in [-0.15, -0.1) is 0 Å². The molecule has 0 aliphatic heterocycles. The summed E-state index contributed by atoms with van der Waals surface area (Å²) in [6, 6.07) is 15.9. The number of aromatic nitrogens is 3. The molecule has 2 aromatic heterocycles. The molecule has 0 saturated heterocycles. The Morgan fingerprint density at radius 3 is 2.85 bits per heavy atom. The van der Waals surface area contributed by atoms with Gasteiger partial charge < -0.3 is 10.3 Å². The van der Waals surface area contributed by atoms with E-state index in [2.05, 4.69) is 26.3 Å². The molecule has 0 aliphatic rings. The number of rotatable bonds is 3. The highest BCUT2D eigenvalue weighted by Gasteiger charge is 2.16. The maximum Gasteiger partial charge on any atom is 0.258 e. The number of fused-ring (bicyclic) bond motifs is 1. The third-order valence-electron chi connectivity index (χ3n) is 3.98. The van der Waals surface area contributed by atoms with Crippen molar-refractivity contribution in [3.8, 4) is 17.5 Å². The molecule has 0 radical (unpaired) electrons. The van der Waals surface area contributed by atoms with E-state index in [1.807, 2.05) is 6.07 Å². The molecule has 4 rings (SSSR count). The topological polar surface area (TPSA) is 94.5 Å². The minimum absolute atomic E-state index is 0.334. The van der Waals surface area contributed by atoms with Gasteiger partial charge in [-0.3, -0.25) is 9.78 Å². The summed E-state index contributed by atoms with van der Waals surface area (Å²) in [5.74, 6) is 0.221. The number of carbonyl (C=O) groups is 1. The summed E-state index contributed by atoms with van der Waals surface area (Å²) in [5, 5.41) is 12.3. The van der Waals surface area contributed by atoms with Crippen LogP contribution in [0.25, 0.3) is 22.4 Å². The smallest absolute Gasteiger partial charge is 0.258 e. The number of pyridine rings is 1. The Kier molecular flexibility index (Phi) is 4.29. The van der Waals surface area contributed by atoms with E-state index in [9.17, 15) is 4.79 Å². The molecule has 1 amide bonds. The molecule has 4 aromatic rings. The van der Waals surface area contributed by atoms with Crippen molar-refractivity contribution in [2.45, 2.75) is 0 Å². The number of nitrogens with zero attached hydrogens (tertiary/aromatic N) is 3. The number of hydrogen-bond acceptors (Lipinski definition) is 4. The van der Waals surface area contributed by atoms with Gasteiger partial charge >= 0.3 is 0 Å². The second kappa shape index (κ2) is 6.90. The lowest BCUT2D eigenvalue weighted by molar-refractivity contribution is 0.102. The van der Waals surface area contributed by atoms with Gasteiger partial charge in [0.2, 0.25) is 0 Å². The van der Waals surface area contributed by atoms with E-state index in [-0.39, 0.29) is 5.91 Å². The highest BCUT2D eigenvalue weighted by Crippen LogP contribution is 2.27. The predicted octanol–water partition coefficient (Wildman–Crippen LogP) is 4.40. The van der Waals surface area contributed by atoms with Gasteiger partial charge in [-0.05, 0) is 36.4 Å². The van der Waals surface area contributed by atoms with Crippen LogP contribution in [-0.4, -0.2) is 20.9 Å². The Labute approximate surface area is 159 Å². The number of halogens is 1. The fraction of sp³-hybridized carbons (Fsp3) is 0. The quantitative estimate of drug-likeness (QED) is 0.556. The first kappa shape index (κ1) is 16.8. The lowest BCUT2D eigenvalue weighted by atomic mass is 10.1. The molecule has 6 nitrogen and oxygen atoms in total. The number of aromatic amines is 1. The van der Waals surface area contributed by atoms with Crippen LogP contribution in [0.1, 0.15) is 15.9 Å². The number of nitrogens with one attached hydrogen (secondary N) is 2. The van der Waals surface area contributed by atoms with Crippen LogP contribution in [0.5, 0.6) is 0 Å². The number of nitriles is 1. The Morgan fingerprint density at radius 1 is 1.19 bits per heavy atom. The number of hydrogen-bond donors (Lipinski definition) is 2. The molecule has 0 bridgehead atoms. The number of carbonyl (C=O) groups excluding carboxylic acids is 1. The lowest BCUT2D eigenvalue weighted by Crippen LogP contribution is -2.12. The zero-order valence-electron chi connectivity index (χ0n) is 13.9. The molecule has 7 heteroatoms. The van der Waals surface area contributed by atoms with Crippen molar-refractivity contribution in [3.05, 3.63) is 77.1 Å². The highest BCUT2D eigenvalue weighted by molar-refractivity contribution is 6.32. The lowest BCUT2D eigenvalue weighted by Gasteiger charge is -2.05. The molecule has 2 aromatic carbocycles. The summed E-state index contributed by atoms with van der Waals surface area (Å²) in [6.07, 6.45) is 3.19. The van der Waals surface area contributed by atoms with Crippen LogP contribution in [0.3, 0.4) is 0 Å². The Hall–Kier alpha value is -3.69. The summed E-state index contributed by atoms with van der Waals surface area (Å²) < 4.78 is 0. The maximum absolute atomic E-state index is 12.7. The van der Waals surface area contributed by atoms with Crippen LogP contribution < -0.4 is 5.32 Å². The van der Waals surface area contributed by atoms with Crippen molar-refractivity contribution >= 4 is 34.2 Å². The van der Waals surface area contributed by atoms with E-state index in [0.717, 1.165) is 5.56 Å². The highest BCUT2D eigenvalue weighted by atomic mass is 35.5. The summed E-state index contributed by atoms with van der Waals surface area (Å²) in [4.78, 5) is 24.4. The molecular formula is C20H12ClN5O. The molecule has 2 N–H and O–H groups in total. The molecule has 130 valence electrons. The Balaban J connectivity index is 1.78. The summed E-state index contributed by atoms with van der Waals surface area (Å²) in [5.41, 5.74) is 3.34. The maximum atomic E-state index is 12.7. The van der Waals surface area contributed by atoms with Crippen molar-refractivity contribution in [2.24, 2.45) is 0 Å². The predicted molar refractivity (Wildman–Crippen MR) is 103 cm³/mol. The average molecular weight is 374 g/mol. The number of H-pyrrole nitrogens is 1. The van der Waals surface area contributed by atoms with Crippen molar-refractivity contribution in [3.63, 3.8) is 0 Å². The van der Waals surface area contributed by atoms with E-state index in [1.54, 1.807) is 54.9 Å². The minimum Gasteiger partial charge on any atom is -0.338 e. The zero-order chi connectivity index (χ0) is 18.8. The van der Waals surface area contributed by atoms with Crippen molar-refractivity contribution in [1.29, 1.82) is 5.26 Å². The second-order valence-corrected chi connectivity index (χ2v) is 6.26. The number of anilines is 1. The van der Waals surface area contributed by atoms with Crippen LogP contribution in [0, 0.1) is 11.3 Å². The average Bonchev–Trinajstić information content (AvgIpc) is 3.12. The van der Waals surface area contributed by atoms with Crippen LogP contribution in [-0.2, 0) is 0 Å². The fourth-order valence-electron chi connectivity index (χ4n) is 2.76. The van der Waals surface area contributed by atoms with E-state index < -0.39 is 0 Å². The molecule has 0 saturated carbocycles. The molecule has 0 unspecified atom stereocenters. The first-order valence-electron chi connectivity index (χ1n) is 8.05. The molecule has 0 spiro atoms. The first-order valence-corrected chi connectivity index (χ1v) is 8.43. The van der Waals surface area contributed by atoms with E-state index in [1.165, 1.54) is 0 Å². The van der Waals surface area contributed by atoms with Crippen molar-refractivity contribution in [1.82, 2.24) is 15.0 Å². The SMILES string of the molecule is N#Cc1cccc(-c2nc3c(C(=O)Nc4cccnc4)cc(Cl)cc3[nH]2)c1. The van der Waals surface area contributed by atoms with Gasteiger partial charge in [-0.25, -0.2) is 4.98 Å². The number of amides is 1. The Morgan fingerprint density at radius 2 is 2.07 bits per heavy atom. The summed E-state index contributed by atoms with van der Waals surface area (Å²) in [6.45, 7) is 0. The third kappa shape index (κ3) is 3.36. The van der Waals surface area contributed by atoms with Gasteiger partial charge in [0, 0.05) is 16.8 Å². The second-order valence-electron chi connectivity index (χ2n) is 5.82. The van der Waals surface area contributed by atoms with Crippen LogP contribution in [0.4, 0.5) is 5.69 Å². The zero-order valence-corrected chi connectivity index (χ0v) is 14.7. The summed E-state index contributed by atoms with van der Waals surface area (Å²) >= 11 is 6.19. The number of imidazole rings is 1. The molecule has 0 aliphatic carbocycles. The van der Waals surface area contributed by atoms with Gasteiger partial charge in [0.15, 0.2) is 0 Å². The third-order valence-corrected chi connectivity index (χ3v) is 4.20. The van der Waals surface area contributed by atoms with Crippen LogP contribution in [0.2, 0.25) is 5.02 Å². The fourth-order valence-corrected chi connectivity index (χ4v) is 2.98. The molecule has 27 heavy (non-hydrogen) atoms. The Bertz CT molecular complexity index is 1190. The van der Waals surface area contributed by atoms with E-state index >= 15 is 0 Å². The van der Waals surface area contributed by atoms with Crippen LogP contribution in [0.15, 0.2) is 60.9 Å². The van der Waals surface area contributed by atoms with Gasteiger partial charge in [0.05, 0.1) is 34.6 Å². The van der Waals surface area contributed by atoms with Gasteiger partial charge in [-0.1, -0.05) is 23.7 Å². The van der Waals surface area contributed by atoms with Gasteiger partial charge in [0.1, 0.15) is 11.3 Å². The molecule has 0 atom stereocenters. The summed E-state index contributed by atoms with van der Waals surface area (Å²) in [7, 11) is 0. The standard InChI is InChI=1S/C20H12ClN5O/c21-14-8-16(20(27)24-15-5-2-6-23-11-15)18-17(9-14)25-19(26-18)13-4-1-3-12(7-13)10-22/h1-9,11H,(H,24,27)(H,25,26). The molecular weight excluding hydrogens is 362 g/mol. The van der Waals surface area contributed by atoms with Crippen LogP contribution >= 0.6 is 11.6 Å². The largest absolute Gasteiger partial charge is 0.338 e. The molecule has 0 fully saturated rings. The monoisotopic (exact) mass is 373 g/mol. The molecule has 2 heterocycles. The van der Waals surface area contributed by atoms with Gasteiger partial charge in [-0.2, -0.15) is 5.26 Å². The van der Waals surface area contributed by atoms with E-state index in [0.29, 0.717) is 38.7 Å². The number of benzene rings is 2. The minimum atomic E-state index is -0.334. The van der Waals surface area contributed by atoms with Crippen molar-refractivity contribution < 1.29 is 4.79 Å². The van der Waals surface area contributed by atoms with E-state index in [4.69, 9.17) is 16.9 Å². The normalized spacial score (nSPS) is 10.5. The van der Waals surface area contributed by atoms with Crippen molar-refractivity contribution in [2.75, 3.05) is 5.32 Å². The van der Waals surface area contributed by atoms with Gasteiger partial charge in [0.25, 0.3) is 5.91 Å². The first-order chi connectivity index (χ1) is 13.1.